The lowest BCUT2D eigenvalue weighted by atomic mass is 10.2. The number of rotatable bonds is 7. The molecule has 94 valence electrons. The first-order chi connectivity index (χ1) is 8.25. The van der Waals surface area contributed by atoms with Gasteiger partial charge < -0.3 is 5.32 Å². The molecule has 0 saturated heterocycles. The molecule has 1 amide bonds. The number of amides is 1. The van der Waals surface area contributed by atoms with Crippen LogP contribution in [0.25, 0.3) is 0 Å². The van der Waals surface area contributed by atoms with E-state index in [0.717, 1.165) is 17.9 Å². The number of thiol groups is 1. The molecule has 0 saturated carbocycles. The van der Waals surface area contributed by atoms with Gasteiger partial charge in [-0.15, -0.1) is 12.6 Å². The third-order valence-corrected chi connectivity index (χ3v) is 3.55. The molecular weight excluding hydrogens is 250 g/mol. The summed E-state index contributed by atoms with van der Waals surface area (Å²) < 4.78 is 0. The Labute approximate surface area is 113 Å². The van der Waals surface area contributed by atoms with Crippen molar-refractivity contribution in [2.24, 2.45) is 0 Å². The van der Waals surface area contributed by atoms with Gasteiger partial charge in [-0.1, -0.05) is 18.6 Å². The van der Waals surface area contributed by atoms with Crippen LogP contribution in [0.3, 0.4) is 0 Å². The fourth-order valence-corrected chi connectivity index (χ4v) is 2.27. The van der Waals surface area contributed by atoms with Crippen LogP contribution in [-0.4, -0.2) is 24.5 Å². The van der Waals surface area contributed by atoms with Gasteiger partial charge in [-0.3, -0.25) is 4.79 Å². The lowest BCUT2D eigenvalue weighted by molar-refractivity contribution is 0.0950. The van der Waals surface area contributed by atoms with Gasteiger partial charge in [-0.05, 0) is 37.0 Å². The Hall–Kier alpha value is -0.610. The maximum atomic E-state index is 11.8. The van der Waals surface area contributed by atoms with Gasteiger partial charge in [-0.25, -0.2) is 0 Å². The lowest BCUT2D eigenvalue weighted by Crippen LogP contribution is -2.24. The molecule has 0 bridgehead atoms. The SMILES string of the molecule is CSCCCCCNC(=O)c1ccccc1S. The van der Waals surface area contributed by atoms with Crippen LogP contribution in [0.2, 0.25) is 0 Å². The fraction of sp³-hybridized carbons (Fsp3) is 0.462. The highest BCUT2D eigenvalue weighted by molar-refractivity contribution is 7.98. The molecule has 0 atom stereocenters. The quantitative estimate of drug-likeness (QED) is 0.588. The highest BCUT2D eigenvalue weighted by atomic mass is 32.2. The van der Waals surface area contributed by atoms with Crippen LogP contribution >= 0.6 is 24.4 Å². The van der Waals surface area contributed by atoms with Crippen LogP contribution in [0.15, 0.2) is 29.2 Å². The van der Waals surface area contributed by atoms with E-state index in [9.17, 15) is 4.79 Å². The summed E-state index contributed by atoms with van der Waals surface area (Å²) in [4.78, 5) is 12.5. The monoisotopic (exact) mass is 269 g/mol. The van der Waals surface area contributed by atoms with Gasteiger partial charge in [0.15, 0.2) is 0 Å². The second-order valence-electron chi connectivity index (χ2n) is 3.83. The molecule has 0 spiro atoms. The molecule has 0 radical (unpaired) electrons. The first-order valence-corrected chi connectivity index (χ1v) is 7.65. The molecular formula is C13H19NOS2. The smallest absolute Gasteiger partial charge is 0.252 e. The molecule has 1 N–H and O–H groups in total. The zero-order valence-corrected chi connectivity index (χ0v) is 11.8. The minimum Gasteiger partial charge on any atom is -0.352 e. The van der Waals surface area contributed by atoms with Gasteiger partial charge in [0.25, 0.3) is 5.91 Å². The minimum atomic E-state index is -0.0273. The van der Waals surface area contributed by atoms with Crippen molar-refractivity contribution in [3.8, 4) is 0 Å². The van der Waals surface area contributed by atoms with E-state index >= 15 is 0 Å². The van der Waals surface area contributed by atoms with Gasteiger partial charge in [0.1, 0.15) is 0 Å². The summed E-state index contributed by atoms with van der Waals surface area (Å²) in [6, 6.07) is 7.36. The Morgan fingerprint density at radius 2 is 2.06 bits per heavy atom. The first-order valence-electron chi connectivity index (χ1n) is 5.81. The fourth-order valence-electron chi connectivity index (χ4n) is 1.51. The Balaban J connectivity index is 2.24. The zero-order valence-electron chi connectivity index (χ0n) is 10.1. The summed E-state index contributed by atoms with van der Waals surface area (Å²) in [5, 5.41) is 2.92. The largest absolute Gasteiger partial charge is 0.352 e. The van der Waals surface area contributed by atoms with Crippen molar-refractivity contribution >= 4 is 30.3 Å². The maximum absolute atomic E-state index is 11.8. The van der Waals surface area contributed by atoms with Gasteiger partial charge in [-0.2, -0.15) is 11.8 Å². The summed E-state index contributed by atoms with van der Waals surface area (Å²) in [7, 11) is 0. The topological polar surface area (TPSA) is 29.1 Å². The molecule has 1 rings (SSSR count). The Bertz CT molecular complexity index is 355. The summed E-state index contributed by atoms with van der Waals surface area (Å²) in [5.41, 5.74) is 0.653. The highest BCUT2D eigenvalue weighted by Crippen LogP contribution is 2.12. The normalized spacial score (nSPS) is 10.2. The van der Waals surface area contributed by atoms with E-state index in [2.05, 4.69) is 24.2 Å². The molecule has 0 fully saturated rings. The predicted octanol–water partition coefficient (Wildman–Crippen LogP) is 3.24. The molecule has 1 aromatic rings. The van der Waals surface area contributed by atoms with E-state index < -0.39 is 0 Å². The van der Waals surface area contributed by atoms with Crippen LogP contribution in [0, 0.1) is 0 Å². The summed E-state index contributed by atoms with van der Waals surface area (Å²) >= 11 is 6.13. The minimum absolute atomic E-state index is 0.0273. The van der Waals surface area contributed by atoms with E-state index in [4.69, 9.17) is 0 Å². The predicted molar refractivity (Wildman–Crippen MR) is 78.3 cm³/mol. The van der Waals surface area contributed by atoms with E-state index in [1.165, 1.54) is 18.6 Å². The van der Waals surface area contributed by atoms with Crippen LogP contribution in [0.1, 0.15) is 29.6 Å². The van der Waals surface area contributed by atoms with Crippen molar-refractivity contribution in [1.29, 1.82) is 0 Å². The van der Waals surface area contributed by atoms with E-state index in [0.29, 0.717) is 5.56 Å². The van der Waals surface area contributed by atoms with Gasteiger partial charge in [0, 0.05) is 11.4 Å². The number of hydrogen-bond donors (Lipinski definition) is 2. The molecule has 0 heterocycles. The van der Waals surface area contributed by atoms with Crippen molar-refractivity contribution < 1.29 is 4.79 Å². The number of thioether (sulfide) groups is 1. The molecule has 4 heteroatoms. The summed E-state index contributed by atoms with van der Waals surface area (Å²) in [5.74, 6) is 1.17. The molecule has 2 nitrogen and oxygen atoms in total. The first kappa shape index (κ1) is 14.5. The molecule has 0 unspecified atom stereocenters. The maximum Gasteiger partial charge on any atom is 0.252 e. The number of benzene rings is 1. The van der Waals surface area contributed by atoms with Crippen molar-refractivity contribution in [1.82, 2.24) is 5.32 Å². The van der Waals surface area contributed by atoms with E-state index in [-0.39, 0.29) is 5.91 Å². The van der Waals surface area contributed by atoms with Gasteiger partial charge in [0.05, 0.1) is 5.56 Å². The zero-order chi connectivity index (χ0) is 12.5. The van der Waals surface area contributed by atoms with Gasteiger partial charge >= 0.3 is 0 Å². The Kier molecular flexibility index (Phi) is 7.21. The van der Waals surface area contributed by atoms with Crippen molar-refractivity contribution in [3.05, 3.63) is 29.8 Å². The average molecular weight is 269 g/mol. The second-order valence-corrected chi connectivity index (χ2v) is 5.29. The van der Waals surface area contributed by atoms with Crippen molar-refractivity contribution in [3.63, 3.8) is 0 Å². The lowest BCUT2D eigenvalue weighted by Gasteiger charge is -2.06. The number of carbonyl (C=O) groups is 1. The van der Waals surface area contributed by atoms with E-state index in [1.807, 2.05) is 30.0 Å². The Morgan fingerprint density at radius 1 is 1.29 bits per heavy atom. The standard InChI is InChI=1S/C13H19NOS2/c1-17-10-6-2-5-9-14-13(15)11-7-3-4-8-12(11)16/h3-4,7-8,16H,2,5-6,9-10H2,1H3,(H,14,15). The molecule has 0 aliphatic rings. The molecule has 1 aromatic carbocycles. The number of unbranched alkanes of at least 4 members (excludes halogenated alkanes) is 2. The van der Waals surface area contributed by atoms with Crippen LogP contribution in [0.4, 0.5) is 0 Å². The van der Waals surface area contributed by atoms with Crippen molar-refractivity contribution in [2.75, 3.05) is 18.6 Å². The van der Waals surface area contributed by atoms with E-state index in [1.54, 1.807) is 6.07 Å². The second kappa shape index (κ2) is 8.48. The number of hydrogen-bond acceptors (Lipinski definition) is 3. The van der Waals surface area contributed by atoms with Crippen LogP contribution in [0.5, 0.6) is 0 Å². The highest BCUT2D eigenvalue weighted by Gasteiger charge is 2.07. The molecule has 0 aliphatic carbocycles. The molecule has 0 aromatic heterocycles. The number of nitrogens with one attached hydrogen (secondary N) is 1. The molecule has 0 aliphatic heterocycles. The van der Waals surface area contributed by atoms with Crippen LogP contribution < -0.4 is 5.32 Å². The Morgan fingerprint density at radius 3 is 2.76 bits per heavy atom. The number of carbonyl (C=O) groups excluding carboxylic acids is 1. The summed E-state index contributed by atoms with van der Waals surface area (Å²) in [6.45, 7) is 0.745. The molecule has 17 heavy (non-hydrogen) atoms. The third-order valence-electron chi connectivity index (χ3n) is 2.46. The van der Waals surface area contributed by atoms with Crippen molar-refractivity contribution in [2.45, 2.75) is 24.2 Å². The third kappa shape index (κ3) is 5.50. The van der Waals surface area contributed by atoms with Crippen LogP contribution in [-0.2, 0) is 0 Å². The summed E-state index contributed by atoms with van der Waals surface area (Å²) in [6.07, 6.45) is 5.55. The average Bonchev–Trinajstić information content (AvgIpc) is 2.34. The van der Waals surface area contributed by atoms with Gasteiger partial charge in [0.2, 0.25) is 0 Å².